The van der Waals surface area contributed by atoms with Crippen LogP contribution in [0.25, 0.3) is 11.4 Å². The second-order valence-corrected chi connectivity index (χ2v) is 10.4. The molecule has 1 saturated heterocycles. The highest BCUT2D eigenvalue weighted by molar-refractivity contribution is 7.89. The Kier molecular flexibility index (Phi) is 7.82. The standard InChI is InChI=1S/C25H30N4O5S/c1-3-33-21-12-11-20(17-22(21)35(31,32)29-15-5-4-6-16-29)26-23(30)13-14-24-27-25(28-34-24)19-9-7-18(2)8-10-19/h7-12,17H,3-6,13-16H2,1-2H3,(H,26,30). The number of nitrogens with zero attached hydrogens (tertiary/aromatic N) is 3. The zero-order valence-electron chi connectivity index (χ0n) is 20.0. The van der Waals surface area contributed by atoms with Crippen LogP contribution in [0.3, 0.4) is 0 Å². The Bertz CT molecular complexity index is 1270. The number of nitrogens with one attached hydrogen (secondary N) is 1. The summed E-state index contributed by atoms with van der Waals surface area (Å²) >= 11 is 0. The molecule has 0 aliphatic carbocycles. The minimum atomic E-state index is -3.73. The molecule has 2 heterocycles. The van der Waals surface area contributed by atoms with Gasteiger partial charge in [0.2, 0.25) is 27.6 Å². The molecule has 10 heteroatoms. The summed E-state index contributed by atoms with van der Waals surface area (Å²) in [6.07, 6.45) is 3.06. The zero-order valence-corrected chi connectivity index (χ0v) is 20.8. The van der Waals surface area contributed by atoms with Crippen molar-refractivity contribution in [2.24, 2.45) is 0 Å². The molecule has 1 fully saturated rings. The molecule has 1 aliphatic rings. The van der Waals surface area contributed by atoms with Crippen LogP contribution < -0.4 is 10.1 Å². The third kappa shape index (κ3) is 6.07. The molecule has 0 spiro atoms. The molecule has 9 nitrogen and oxygen atoms in total. The molecule has 0 atom stereocenters. The Balaban J connectivity index is 1.43. The normalized spacial score (nSPS) is 14.6. The average molecular weight is 499 g/mol. The predicted octanol–water partition coefficient (Wildman–Crippen LogP) is 4.19. The number of carbonyl (C=O) groups excluding carboxylic acids is 1. The van der Waals surface area contributed by atoms with E-state index in [0.29, 0.717) is 37.1 Å². The smallest absolute Gasteiger partial charge is 0.246 e. The van der Waals surface area contributed by atoms with Gasteiger partial charge in [-0.1, -0.05) is 41.4 Å². The number of aromatic nitrogens is 2. The Morgan fingerprint density at radius 3 is 2.57 bits per heavy atom. The Morgan fingerprint density at radius 2 is 1.86 bits per heavy atom. The number of carbonyl (C=O) groups is 1. The second kappa shape index (κ2) is 11.0. The van der Waals surface area contributed by atoms with Crippen molar-refractivity contribution in [3.8, 4) is 17.1 Å². The first kappa shape index (κ1) is 24.9. The van der Waals surface area contributed by atoms with E-state index in [1.165, 1.54) is 10.4 Å². The summed E-state index contributed by atoms with van der Waals surface area (Å²) in [4.78, 5) is 17.0. The van der Waals surface area contributed by atoms with Crippen LogP contribution in [0.4, 0.5) is 5.69 Å². The van der Waals surface area contributed by atoms with E-state index in [9.17, 15) is 13.2 Å². The van der Waals surface area contributed by atoms with Crippen molar-refractivity contribution in [1.82, 2.24) is 14.4 Å². The molecule has 35 heavy (non-hydrogen) atoms. The molecule has 1 N–H and O–H groups in total. The highest BCUT2D eigenvalue weighted by Crippen LogP contribution is 2.31. The summed E-state index contributed by atoms with van der Waals surface area (Å²) < 4.78 is 38.9. The highest BCUT2D eigenvalue weighted by Gasteiger charge is 2.29. The maximum absolute atomic E-state index is 13.3. The molecule has 0 unspecified atom stereocenters. The number of rotatable bonds is 9. The lowest BCUT2D eigenvalue weighted by molar-refractivity contribution is -0.116. The lowest BCUT2D eigenvalue weighted by Gasteiger charge is -2.27. The Hall–Kier alpha value is -3.24. The summed E-state index contributed by atoms with van der Waals surface area (Å²) in [7, 11) is -3.73. The average Bonchev–Trinajstić information content (AvgIpc) is 3.34. The Morgan fingerprint density at radius 1 is 1.11 bits per heavy atom. The summed E-state index contributed by atoms with van der Waals surface area (Å²) in [5.41, 5.74) is 2.36. The first-order chi connectivity index (χ1) is 16.9. The monoisotopic (exact) mass is 498 g/mol. The third-order valence-electron chi connectivity index (χ3n) is 5.80. The van der Waals surface area contributed by atoms with E-state index < -0.39 is 10.0 Å². The molecule has 0 radical (unpaired) electrons. The largest absolute Gasteiger partial charge is 0.492 e. The Labute approximate surface area is 205 Å². The quantitative estimate of drug-likeness (QED) is 0.470. The van der Waals surface area contributed by atoms with E-state index in [0.717, 1.165) is 30.4 Å². The maximum atomic E-state index is 13.3. The van der Waals surface area contributed by atoms with Crippen molar-refractivity contribution in [3.05, 3.63) is 53.9 Å². The molecule has 0 bridgehead atoms. The molecule has 2 aromatic carbocycles. The van der Waals surface area contributed by atoms with E-state index in [-0.39, 0.29) is 29.4 Å². The number of benzene rings is 2. The van der Waals surface area contributed by atoms with Crippen LogP contribution in [0.5, 0.6) is 5.75 Å². The topological polar surface area (TPSA) is 115 Å². The fourth-order valence-corrected chi connectivity index (χ4v) is 5.60. The van der Waals surface area contributed by atoms with Gasteiger partial charge in [0.25, 0.3) is 0 Å². The predicted molar refractivity (Wildman–Crippen MR) is 132 cm³/mol. The molecule has 4 rings (SSSR count). The van der Waals surface area contributed by atoms with Crippen LogP contribution in [-0.4, -0.2) is 48.5 Å². The molecule has 186 valence electrons. The molecule has 1 amide bonds. The summed E-state index contributed by atoms with van der Waals surface area (Å²) in [5, 5.41) is 6.76. The van der Waals surface area contributed by atoms with Gasteiger partial charge in [-0.15, -0.1) is 0 Å². The van der Waals surface area contributed by atoms with Gasteiger partial charge in [-0.25, -0.2) is 8.42 Å². The molecule has 1 aliphatic heterocycles. The van der Waals surface area contributed by atoms with Gasteiger partial charge in [0.15, 0.2) is 0 Å². The van der Waals surface area contributed by atoms with Crippen molar-refractivity contribution >= 4 is 21.6 Å². The van der Waals surface area contributed by atoms with Crippen LogP contribution in [0.1, 0.15) is 44.1 Å². The van der Waals surface area contributed by atoms with Crippen LogP contribution in [-0.2, 0) is 21.2 Å². The van der Waals surface area contributed by atoms with E-state index in [1.807, 2.05) is 31.2 Å². The summed E-state index contributed by atoms with van der Waals surface area (Å²) in [5.74, 6) is 0.825. The first-order valence-electron chi connectivity index (χ1n) is 11.8. The van der Waals surface area contributed by atoms with Crippen LogP contribution in [0, 0.1) is 6.92 Å². The van der Waals surface area contributed by atoms with E-state index in [4.69, 9.17) is 9.26 Å². The van der Waals surface area contributed by atoms with Gasteiger partial charge in [-0.2, -0.15) is 9.29 Å². The van der Waals surface area contributed by atoms with Crippen molar-refractivity contribution in [3.63, 3.8) is 0 Å². The van der Waals surface area contributed by atoms with E-state index >= 15 is 0 Å². The lowest BCUT2D eigenvalue weighted by atomic mass is 10.1. The molecule has 1 aromatic heterocycles. The van der Waals surface area contributed by atoms with Crippen molar-refractivity contribution in [2.45, 2.75) is 50.8 Å². The van der Waals surface area contributed by atoms with Gasteiger partial charge in [0.05, 0.1) is 6.61 Å². The van der Waals surface area contributed by atoms with E-state index in [1.54, 1.807) is 19.1 Å². The van der Waals surface area contributed by atoms with Gasteiger partial charge in [-0.3, -0.25) is 4.79 Å². The number of hydrogen-bond donors (Lipinski definition) is 1. The lowest BCUT2D eigenvalue weighted by Crippen LogP contribution is -2.35. The minimum Gasteiger partial charge on any atom is -0.492 e. The van der Waals surface area contributed by atoms with Gasteiger partial charge in [-0.05, 0) is 44.9 Å². The summed E-state index contributed by atoms with van der Waals surface area (Å²) in [6, 6.07) is 12.5. The SMILES string of the molecule is CCOc1ccc(NC(=O)CCc2nc(-c3ccc(C)cc3)no2)cc1S(=O)(=O)N1CCCCC1. The number of ether oxygens (including phenoxy) is 1. The first-order valence-corrected chi connectivity index (χ1v) is 13.3. The summed E-state index contributed by atoms with van der Waals surface area (Å²) in [6.45, 7) is 5.11. The van der Waals surface area contributed by atoms with E-state index in [2.05, 4.69) is 15.5 Å². The van der Waals surface area contributed by atoms with Gasteiger partial charge in [0.1, 0.15) is 10.6 Å². The number of piperidine rings is 1. The third-order valence-corrected chi connectivity index (χ3v) is 7.72. The van der Waals surface area contributed by atoms with Crippen LogP contribution in [0.2, 0.25) is 0 Å². The maximum Gasteiger partial charge on any atom is 0.246 e. The molecular formula is C25H30N4O5S. The molecule has 0 saturated carbocycles. The second-order valence-electron chi connectivity index (χ2n) is 8.49. The van der Waals surface area contributed by atoms with Crippen molar-refractivity contribution < 1.29 is 22.5 Å². The number of amides is 1. The molecular weight excluding hydrogens is 468 g/mol. The number of hydrogen-bond acceptors (Lipinski definition) is 7. The number of aryl methyl sites for hydroxylation is 2. The van der Waals surface area contributed by atoms with Gasteiger partial charge < -0.3 is 14.6 Å². The van der Waals surface area contributed by atoms with Gasteiger partial charge >= 0.3 is 0 Å². The zero-order chi connectivity index (χ0) is 24.8. The number of anilines is 1. The van der Waals surface area contributed by atoms with Crippen molar-refractivity contribution in [1.29, 1.82) is 0 Å². The van der Waals surface area contributed by atoms with Crippen molar-refractivity contribution in [2.75, 3.05) is 25.0 Å². The fourth-order valence-electron chi connectivity index (χ4n) is 3.93. The minimum absolute atomic E-state index is 0.0682. The highest BCUT2D eigenvalue weighted by atomic mass is 32.2. The molecule has 3 aromatic rings. The fraction of sp³-hybridized carbons (Fsp3) is 0.400. The number of sulfonamides is 1. The van der Waals surface area contributed by atoms with Crippen LogP contribution >= 0.6 is 0 Å². The van der Waals surface area contributed by atoms with Gasteiger partial charge in [0, 0.05) is 37.2 Å². The van der Waals surface area contributed by atoms with Crippen LogP contribution in [0.15, 0.2) is 51.9 Å².